The van der Waals surface area contributed by atoms with E-state index in [4.69, 9.17) is 0 Å². The molecular weight excluding hydrogens is 186 g/mol. The van der Waals surface area contributed by atoms with Crippen molar-refractivity contribution in [3.63, 3.8) is 0 Å². The summed E-state index contributed by atoms with van der Waals surface area (Å²) in [5.74, 6) is 0. The Morgan fingerprint density at radius 3 is 3.13 bits per heavy atom. The van der Waals surface area contributed by atoms with Gasteiger partial charge in [-0.25, -0.2) is 0 Å². The van der Waals surface area contributed by atoms with Gasteiger partial charge >= 0.3 is 0 Å². The van der Waals surface area contributed by atoms with Gasteiger partial charge in [0.2, 0.25) is 0 Å². The van der Waals surface area contributed by atoms with E-state index in [1.54, 1.807) is 0 Å². The minimum atomic E-state index is 0.767. The third-order valence-electron chi connectivity index (χ3n) is 2.63. The minimum Gasteiger partial charge on any atom is -0.310 e. The van der Waals surface area contributed by atoms with Gasteiger partial charge in [0.15, 0.2) is 0 Å². The second-order valence-electron chi connectivity index (χ2n) is 4.47. The summed E-state index contributed by atoms with van der Waals surface area (Å²) in [5.41, 5.74) is 2.49. The van der Waals surface area contributed by atoms with Gasteiger partial charge in [-0.1, -0.05) is 5.57 Å². The van der Waals surface area contributed by atoms with Crippen molar-refractivity contribution in [1.82, 2.24) is 15.1 Å². The largest absolute Gasteiger partial charge is 0.310 e. The summed E-state index contributed by atoms with van der Waals surface area (Å²) < 4.78 is 2.00. The SMILES string of the molecule is C=C(C)CCn1cc(CNC2CC2)cn1. The van der Waals surface area contributed by atoms with Crippen molar-refractivity contribution in [3.05, 3.63) is 30.1 Å². The lowest BCUT2D eigenvalue weighted by atomic mass is 10.2. The van der Waals surface area contributed by atoms with Crippen molar-refractivity contribution in [3.8, 4) is 0 Å². The van der Waals surface area contributed by atoms with E-state index < -0.39 is 0 Å². The molecule has 1 heterocycles. The van der Waals surface area contributed by atoms with Crippen LogP contribution in [0.3, 0.4) is 0 Å². The van der Waals surface area contributed by atoms with E-state index in [1.165, 1.54) is 24.0 Å². The Morgan fingerprint density at radius 2 is 2.47 bits per heavy atom. The van der Waals surface area contributed by atoms with E-state index in [2.05, 4.69) is 30.1 Å². The van der Waals surface area contributed by atoms with Crippen molar-refractivity contribution in [2.45, 2.75) is 45.3 Å². The average Bonchev–Trinajstić information content (AvgIpc) is 2.92. The molecule has 0 unspecified atom stereocenters. The lowest BCUT2D eigenvalue weighted by Gasteiger charge is -2.00. The molecule has 2 rings (SSSR count). The number of allylic oxidation sites excluding steroid dienone is 1. The number of rotatable bonds is 6. The zero-order valence-electron chi connectivity index (χ0n) is 9.37. The Balaban J connectivity index is 1.77. The standard InChI is InChI=1S/C12H19N3/c1-10(2)5-6-15-9-11(8-14-15)7-13-12-3-4-12/h8-9,12-13H,1,3-7H2,2H3. The molecule has 1 fully saturated rings. The molecule has 1 aliphatic carbocycles. The van der Waals surface area contributed by atoms with Gasteiger partial charge in [-0.3, -0.25) is 4.68 Å². The molecule has 0 saturated heterocycles. The van der Waals surface area contributed by atoms with Gasteiger partial charge in [-0.05, 0) is 26.2 Å². The number of hydrogen-bond acceptors (Lipinski definition) is 2. The molecule has 0 radical (unpaired) electrons. The van der Waals surface area contributed by atoms with Crippen molar-refractivity contribution in [2.24, 2.45) is 0 Å². The number of nitrogens with zero attached hydrogens (tertiary/aromatic N) is 2. The summed E-state index contributed by atoms with van der Waals surface area (Å²) in [6.45, 7) is 7.85. The van der Waals surface area contributed by atoms with Crippen LogP contribution in [0.25, 0.3) is 0 Å². The fourth-order valence-corrected chi connectivity index (χ4v) is 1.48. The van der Waals surface area contributed by atoms with Gasteiger partial charge in [0.1, 0.15) is 0 Å². The minimum absolute atomic E-state index is 0.767. The maximum absolute atomic E-state index is 4.32. The van der Waals surface area contributed by atoms with Gasteiger partial charge < -0.3 is 5.32 Å². The van der Waals surface area contributed by atoms with Crippen LogP contribution in [0.1, 0.15) is 31.7 Å². The normalized spacial score (nSPS) is 15.5. The highest BCUT2D eigenvalue weighted by molar-refractivity contribution is 5.04. The first-order valence-electron chi connectivity index (χ1n) is 5.63. The Bertz CT molecular complexity index is 336. The molecular formula is C12H19N3. The van der Waals surface area contributed by atoms with E-state index in [1.807, 2.05) is 10.9 Å². The highest BCUT2D eigenvalue weighted by Crippen LogP contribution is 2.19. The van der Waals surface area contributed by atoms with Crippen molar-refractivity contribution >= 4 is 0 Å². The fraction of sp³-hybridized carbons (Fsp3) is 0.583. The number of aromatic nitrogens is 2. The fourth-order valence-electron chi connectivity index (χ4n) is 1.48. The summed E-state index contributed by atoms with van der Waals surface area (Å²) in [5, 5.41) is 7.80. The van der Waals surface area contributed by atoms with E-state index in [0.717, 1.165) is 25.6 Å². The first-order valence-corrected chi connectivity index (χ1v) is 5.63. The Morgan fingerprint density at radius 1 is 1.67 bits per heavy atom. The van der Waals surface area contributed by atoms with Crippen LogP contribution in [-0.2, 0) is 13.1 Å². The zero-order chi connectivity index (χ0) is 10.7. The van der Waals surface area contributed by atoms with Gasteiger partial charge in [-0.2, -0.15) is 5.10 Å². The lowest BCUT2D eigenvalue weighted by Crippen LogP contribution is -2.14. The Hall–Kier alpha value is -1.09. The van der Waals surface area contributed by atoms with Crippen LogP contribution < -0.4 is 5.32 Å². The molecule has 1 saturated carbocycles. The van der Waals surface area contributed by atoms with Crippen LogP contribution in [0.4, 0.5) is 0 Å². The molecule has 1 N–H and O–H groups in total. The average molecular weight is 205 g/mol. The van der Waals surface area contributed by atoms with Crippen LogP contribution in [-0.4, -0.2) is 15.8 Å². The van der Waals surface area contributed by atoms with Crippen LogP contribution in [0.15, 0.2) is 24.5 Å². The van der Waals surface area contributed by atoms with Crippen molar-refractivity contribution < 1.29 is 0 Å². The first-order chi connectivity index (χ1) is 7.24. The predicted octanol–water partition coefficient (Wildman–Crippen LogP) is 2.10. The molecule has 1 aromatic heterocycles. The van der Waals surface area contributed by atoms with Crippen molar-refractivity contribution in [2.75, 3.05) is 0 Å². The zero-order valence-corrected chi connectivity index (χ0v) is 9.37. The highest BCUT2D eigenvalue weighted by atomic mass is 15.3. The van der Waals surface area contributed by atoms with Gasteiger partial charge in [0.25, 0.3) is 0 Å². The van der Waals surface area contributed by atoms with Gasteiger partial charge in [0, 0.05) is 30.9 Å². The topological polar surface area (TPSA) is 29.9 Å². The number of hydrogen-bond donors (Lipinski definition) is 1. The third-order valence-corrected chi connectivity index (χ3v) is 2.63. The number of aryl methyl sites for hydroxylation is 1. The molecule has 3 nitrogen and oxygen atoms in total. The van der Waals surface area contributed by atoms with Crippen LogP contribution in [0, 0.1) is 0 Å². The molecule has 0 bridgehead atoms. The van der Waals surface area contributed by atoms with Gasteiger partial charge in [-0.15, -0.1) is 6.58 Å². The van der Waals surface area contributed by atoms with Crippen LogP contribution in [0.2, 0.25) is 0 Å². The second-order valence-corrected chi connectivity index (χ2v) is 4.47. The molecule has 15 heavy (non-hydrogen) atoms. The second kappa shape index (κ2) is 4.62. The highest BCUT2D eigenvalue weighted by Gasteiger charge is 2.20. The van der Waals surface area contributed by atoms with Crippen LogP contribution in [0.5, 0.6) is 0 Å². The molecule has 0 amide bonds. The van der Waals surface area contributed by atoms with E-state index in [0.29, 0.717) is 0 Å². The molecule has 0 atom stereocenters. The van der Waals surface area contributed by atoms with E-state index in [-0.39, 0.29) is 0 Å². The van der Waals surface area contributed by atoms with Crippen molar-refractivity contribution in [1.29, 1.82) is 0 Å². The summed E-state index contributed by atoms with van der Waals surface area (Å²) in [6.07, 6.45) is 7.76. The predicted molar refractivity (Wildman–Crippen MR) is 61.5 cm³/mol. The Labute approximate surface area is 91.2 Å². The molecule has 82 valence electrons. The summed E-state index contributed by atoms with van der Waals surface area (Å²) in [7, 11) is 0. The molecule has 1 aromatic rings. The van der Waals surface area contributed by atoms with E-state index >= 15 is 0 Å². The molecule has 0 aromatic carbocycles. The third kappa shape index (κ3) is 3.51. The Kier molecular flexibility index (Phi) is 3.21. The van der Waals surface area contributed by atoms with Crippen LogP contribution >= 0.6 is 0 Å². The van der Waals surface area contributed by atoms with E-state index in [9.17, 15) is 0 Å². The first kappa shape index (κ1) is 10.4. The quantitative estimate of drug-likeness (QED) is 0.721. The summed E-state index contributed by atoms with van der Waals surface area (Å²) in [6, 6.07) is 0.767. The maximum Gasteiger partial charge on any atom is 0.0534 e. The maximum atomic E-state index is 4.32. The molecule has 0 aliphatic heterocycles. The molecule has 0 spiro atoms. The monoisotopic (exact) mass is 205 g/mol. The summed E-state index contributed by atoms with van der Waals surface area (Å²) >= 11 is 0. The van der Waals surface area contributed by atoms with Gasteiger partial charge in [0.05, 0.1) is 6.20 Å². The molecule has 1 aliphatic rings. The smallest absolute Gasteiger partial charge is 0.0534 e. The lowest BCUT2D eigenvalue weighted by molar-refractivity contribution is 0.611. The number of nitrogens with one attached hydrogen (secondary N) is 1. The summed E-state index contributed by atoms with van der Waals surface area (Å²) in [4.78, 5) is 0. The molecule has 3 heteroatoms.